The number of carboxylic acids is 1. The Kier molecular flexibility index (Phi) is 12.6. The van der Waals surface area contributed by atoms with Gasteiger partial charge in [-0.05, 0) is 38.2 Å². The molecular formula is C18H34N4O7S. The van der Waals surface area contributed by atoms with E-state index in [0.717, 1.165) is 0 Å². The molecule has 3 amide bonds. The van der Waals surface area contributed by atoms with E-state index in [9.17, 15) is 34.5 Å². The zero-order valence-electron chi connectivity index (χ0n) is 17.9. The van der Waals surface area contributed by atoms with Crippen LogP contribution in [0, 0.1) is 5.92 Å². The number of carbonyl (C=O) groups is 4. The number of amides is 3. The number of hydrogen-bond donors (Lipinski definition) is 7. The number of carbonyl (C=O) groups excluding carboxylic acids is 3. The zero-order chi connectivity index (χ0) is 23.6. The van der Waals surface area contributed by atoms with Gasteiger partial charge in [0, 0.05) is 0 Å². The molecule has 0 bridgehead atoms. The van der Waals surface area contributed by atoms with Gasteiger partial charge in [-0.15, -0.1) is 0 Å². The Balaban J connectivity index is 5.29. The van der Waals surface area contributed by atoms with Gasteiger partial charge in [0.15, 0.2) is 0 Å². The summed E-state index contributed by atoms with van der Waals surface area (Å²) in [6, 6.07) is -5.03. The van der Waals surface area contributed by atoms with Crippen LogP contribution in [0.5, 0.6) is 0 Å². The smallest absolute Gasteiger partial charge is 0.326 e. The first kappa shape index (κ1) is 28.1. The summed E-state index contributed by atoms with van der Waals surface area (Å²) >= 11 is 1.50. The summed E-state index contributed by atoms with van der Waals surface area (Å²) in [5, 5.41) is 35.9. The van der Waals surface area contributed by atoms with Crippen molar-refractivity contribution in [2.45, 2.75) is 70.5 Å². The van der Waals surface area contributed by atoms with Crippen molar-refractivity contribution in [2.24, 2.45) is 11.7 Å². The van der Waals surface area contributed by atoms with Crippen LogP contribution in [0.1, 0.15) is 34.1 Å². The molecule has 6 atom stereocenters. The molecule has 0 rings (SSSR count). The Morgan fingerprint density at radius 3 is 1.57 bits per heavy atom. The number of rotatable bonds is 13. The Labute approximate surface area is 180 Å². The third-order valence-corrected chi connectivity index (χ3v) is 4.97. The fourth-order valence-electron chi connectivity index (χ4n) is 2.45. The van der Waals surface area contributed by atoms with E-state index in [0.29, 0.717) is 12.2 Å². The maximum atomic E-state index is 12.6. The van der Waals surface area contributed by atoms with Crippen LogP contribution >= 0.6 is 11.8 Å². The van der Waals surface area contributed by atoms with E-state index < -0.39 is 66.0 Å². The summed E-state index contributed by atoms with van der Waals surface area (Å²) < 4.78 is 0. The monoisotopic (exact) mass is 450 g/mol. The Morgan fingerprint density at radius 2 is 1.23 bits per heavy atom. The molecule has 0 aliphatic rings. The van der Waals surface area contributed by atoms with Crippen molar-refractivity contribution in [1.82, 2.24) is 16.0 Å². The van der Waals surface area contributed by atoms with Gasteiger partial charge >= 0.3 is 5.97 Å². The summed E-state index contributed by atoms with van der Waals surface area (Å²) in [5.41, 5.74) is 5.76. The molecule has 0 saturated heterocycles. The van der Waals surface area contributed by atoms with Crippen LogP contribution in [0.2, 0.25) is 0 Å². The van der Waals surface area contributed by atoms with E-state index in [4.69, 9.17) is 5.73 Å². The number of nitrogens with two attached hydrogens (primary N) is 1. The van der Waals surface area contributed by atoms with Gasteiger partial charge in [0.1, 0.15) is 18.1 Å². The molecule has 12 heteroatoms. The largest absolute Gasteiger partial charge is 0.480 e. The highest BCUT2D eigenvalue weighted by atomic mass is 32.2. The summed E-state index contributed by atoms with van der Waals surface area (Å²) in [5.74, 6) is -3.55. The van der Waals surface area contributed by atoms with E-state index >= 15 is 0 Å². The van der Waals surface area contributed by atoms with E-state index in [1.165, 1.54) is 25.6 Å². The number of thioether (sulfide) groups is 1. The van der Waals surface area contributed by atoms with Crippen molar-refractivity contribution in [1.29, 1.82) is 0 Å². The van der Waals surface area contributed by atoms with Crippen LogP contribution in [0.25, 0.3) is 0 Å². The molecule has 8 N–H and O–H groups in total. The molecule has 0 saturated carbocycles. The fraction of sp³-hybridized carbons (Fsp3) is 0.778. The minimum absolute atomic E-state index is 0.367. The van der Waals surface area contributed by atoms with Crippen molar-refractivity contribution < 1.29 is 34.5 Å². The zero-order valence-corrected chi connectivity index (χ0v) is 18.7. The second-order valence-electron chi connectivity index (χ2n) is 7.41. The quantitative estimate of drug-likeness (QED) is 0.167. The number of aliphatic carboxylic acids is 1. The molecule has 0 aromatic rings. The lowest BCUT2D eigenvalue weighted by Gasteiger charge is -2.28. The molecule has 11 nitrogen and oxygen atoms in total. The molecular weight excluding hydrogens is 416 g/mol. The highest BCUT2D eigenvalue weighted by Crippen LogP contribution is 2.05. The summed E-state index contributed by atoms with van der Waals surface area (Å²) in [7, 11) is 0. The van der Waals surface area contributed by atoms with Gasteiger partial charge in [-0.2, -0.15) is 11.8 Å². The van der Waals surface area contributed by atoms with Gasteiger partial charge in [0.25, 0.3) is 0 Å². The van der Waals surface area contributed by atoms with Gasteiger partial charge in [-0.25, -0.2) is 4.79 Å². The number of aliphatic hydroxyl groups excluding tert-OH is 2. The lowest BCUT2D eigenvalue weighted by molar-refractivity contribution is -0.144. The van der Waals surface area contributed by atoms with Crippen molar-refractivity contribution in [2.75, 3.05) is 12.0 Å². The van der Waals surface area contributed by atoms with E-state index in [1.54, 1.807) is 13.8 Å². The van der Waals surface area contributed by atoms with Gasteiger partial charge in [-0.3, -0.25) is 14.4 Å². The molecule has 0 aromatic heterocycles. The second-order valence-corrected chi connectivity index (χ2v) is 8.40. The van der Waals surface area contributed by atoms with Crippen LogP contribution < -0.4 is 21.7 Å². The van der Waals surface area contributed by atoms with Crippen molar-refractivity contribution >= 4 is 35.5 Å². The maximum Gasteiger partial charge on any atom is 0.326 e. The Bertz CT molecular complexity index is 601. The standard InChI is InChI=1S/C18H34N4O7S/c1-8(2)12(18(28)29)20-16(26)14(10(4)24)22-17(27)13(9(3)23)21-15(25)11(19)6-7-30-5/h8-14,23-24H,6-7,19H2,1-5H3,(H,20,26)(H,21,25)(H,22,27)(H,28,29). The van der Waals surface area contributed by atoms with Crippen molar-refractivity contribution in [3.05, 3.63) is 0 Å². The Morgan fingerprint density at radius 1 is 0.833 bits per heavy atom. The molecule has 0 aromatic carbocycles. The normalized spacial score (nSPS) is 17.2. The van der Waals surface area contributed by atoms with E-state index in [-0.39, 0.29) is 0 Å². The average molecular weight is 451 g/mol. The summed E-state index contributed by atoms with van der Waals surface area (Å²) in [6.45, 7) is 5.70. The lowest BCUT2D eigenvalue weighted by Crippen LogP contribution is -2.62. The van der Waals surface area contributed by atoms with E-state index in [1.807, 2.05) is 6.26 Å². The SMILES string of the molecule is CSCCC(N)C(=O)NC(C(=O)NC(C(=O)NC(C(=O)O)C(C)C)C(C)O)C(C)O. The number of nitrogens with one attached hydrogen (secondary N) is 3. The van der Waals surface area contributed by atoms with Crippen LogP contribution in [0.15, 0.2) is 0 Å². The highest BCUT2D eigenvalue weighted by molar-refractivity contribution is 7.98. The number of carboxylic acid groups (broad SMARTS) is 1. The topological polar surface area (TPSA) is 191 Å². The number of aliphatic hydroxyl groups is 2. The molecule has 0 radical (unpaired) electrons. The molecule has 174 valence electrons. The van der Waals surface area contributed by atoms with Crippen LogP contribution in [-0.4, -0.2) is 87.4 Å². The minimum Gasteiger partial charge on any atom is -0.480 e. The minimum atomic E-state index is -1.50. The van der Waals surface area contributed by atoms with Gasteiger partial charge in [-0.1, -0.05) is 13.8 Å². The molecule has 0 heterocycles. The average Bonchev–Trinajstić information content (AvgIpc) is 2.64. The molecule has 0 aliphatic carbocycles. The number of hydrogen-bond acceptors (Lipinski definition) is 8. The molecule has 0 spiro atoms. The Hall–Kier alpha value is -1.89. The summed E-state index contributed by atoms with van der Waals surface area (Å²) in [6.07, 6.45) is -0.468. The van der Waals surface area contributed by atoms with E-state index in [2.05, 4.69) is 16.0 Å². The molecule has 0 aliphatic heterocycles. The highest BCUT2D eigenvalue weighted by Gasteiger charge is 2.34. The molecule has 30 heavy (non-hydrogen) atoms. The van der Waals surface area contributed by atoms with Crippen LogP contribution in [0.4, 0.5) is 0 Å². The third-order valence-electron chi connectivity index (χ3n) is 4.33. The van der Waals surface area contributed by atoms with Crippen LogP contribution in [0.3, 0.4) is 0 Å². The first-order valence-electron chi connectivity index (χ1n) is 9.58. The predicted molar refractivity (Wildman–Crippen MR) is 113 cm³/mol. The lowest BCUT2D eigenvalue weighted by atomic mass is 10.0. The van der Waals surface area contributed by atoms with Gasteiger partial charge < -0.3 is 37.0 Å². The first-order valence-corrected chi connectivity index (χ1v) is 11.0. The second kappa shape index (κ2) is 13.4. The van der Waals surface area contributed by atoms with Gasteiger partial charge in [0.2, 0.25) is 17.7 Å². The first-order chi connectivity index (χ1) is 13.8. The molecule has 6 unspecified atom stereocenters. The molecule has 0 fully saturated rings. The van der Waals surface area contributed by atoms with Gasteiger partial charge in [0.05, 0.1) is 18.2 Å². The van der Waals surface area contributed by atoms with Crippen LogP contribution in [-0.2, 0) is 19.2 Å². The van der Waals surface area contributed by atoms with Crippen molar-refractivity contribution in [3.8, 4) is 0 Å². The maximum absolute atomic E-state index is 12.6. The third kappa shape index (κ3) is 9.28. The fourth-order valence-corrected chi connectivity index (χ4v) is 2.94. The van der Waals surface area contributed by atoms with Crippen molar-refractivity contribution in [3.63, 3.8) is 0 Å². The summed E-state index contributed by atoms with van der Waals surface area (Å²) in [4.78, 5) is 48.5. The predicted octanol–water partition coefficient (Wildman–Crippen LogP) is -1.98.